The third-order valence-electron chi connectivity index (χ3n) is 7.45. The Hall–Kier alpha value is -1.66. The Kier molecular flexibility index (Phi) is 7.63. The van der Waals surface area contributed by atoms with Crippen molar-refractivity contribution in [1.29, 1.82) is 0 Å². The highest BCUT2D eigenvalue weighted by Gasteiger charge is 2.45. The molecule has 2 aliphatic rings. The van der Waals surface area contributed by atoms with Gasteiger partial charge in [-0.2, -0.15) is 0 Å². The molecule has 6 nitrogen and oxygen atoms in total. The highest BCUT2D eigenvalue weighted by Crippen LogP contribution is 2.36. The lowest BCUT2D eigenvalue weighted by atomic mass is 9.76. The maximum absolute atomic E-state index is 13.1. The number of aldehydes is 1. The predicted octanol–water partition coefficient (Wildman–Crippen LogP) is 4.05. The van der Waals surface area contributed by atoms with Gasteiger partial charge in [0.25, 0.3) is 5.91 Å². The monoisotopic (exact) mass is 449 g/mol. The number of aromatic nitrogens is 1. The quantitative estimate of drug-likeness (QED) is 0.524. The van der Waals surface area contributed by atoms with Crippen LogP contribution < -0.4 is 4.90 Å². The van der Waals surface area contributed by atoms with Crippen molar-refractivity contribution in [3.8, 4) is 0 Å². The van der Waals surface area contributed by atoms with Gasteiger partial charge in [0.2, 0.25) is 0 Å². The van der Waals surface area contributed by atoms with Gasteiger partial charge in [-0.05, 0) is 61.5 Å². The second-order valence-electron chi connectivity index (χ2n) is 9.76. The lowest BCUT2D eigenvalue weighted by Crippen LogP contribution is -2.57. The number of carbonyl (C=O) groups is 2. The zero-order valence-electron chi connectivity index (χ0n) is 19.2. The first-order valence-electron chi connectivity index (χ1n) is 11.6. The smallest absolute Gasteiger partial charge is 0.255 e. The second kappa shape index (κ2) is 9.86. The van der Waals surface area contributed by atoms with Crippen LogP contribution >= 0.6 is 11.6 Å². The predicted molar refractivity (Wildman–Crippen MR) is 124 cm³/mol. The molecule has 1 aromatic rings. The molecule has 2 fully saturated rings. The first kappa shape index (κ1) is 24.0. The van der Waals surface area contributed by atoms with Gasteiger partial charge in [-0.15, -0.1) is 0 Å². The molecule has 0 saturated carbocycles. The Morgan fingerprint density at radius 2 is 1.58 bits per heavy atom. The van der Waals surface area contributed by atoms with Gasteiger partial charge in [-0.3, -0.25) is 9.59 Å². The normalized spacial score (nSPS) is 19.4. The van der Waals surface area contributed by atoms with Crippen LogP contribution in [0.5, 0.6) is 0 Å². The van der Waals surface area contributed by atoms with E-state index in [0.717, 1.165) is 64.0 Å². The molecule has 2 saturated heterocycles. The molecule has 3 heterocycles. The lowest BCUT2D eigenvalue weighted by Gasteiger charge is -2.44. The van der Waals surface area contributed by atoms with Crippen molar-refractivity contribution in [2.24, 2.45) is 23.7 Å². The number of hydrogen-bond acceptors (Lipinski definition) is 5. The Labute approximate surface area is 191 Å². The van der Waals surface area contributed by atoms with E-state index in [9.17, 15) is 14.7 Å². The Morgan fingerprint density at radius 1 is 1.06 bits per heavy atom. The molecule has 3 rings (SSSR count). The number of pyridine rings is 1. The fourth-order valence-electron chi connectivity index (χ4n) is 5.29. The van der Waals surface area contributed by atoms with E-state index in [2.05, 4.69) is 9.88 Å². The van der Waals surface area contributed by atoms with Gasteiger partial charge in [0.05, 0.1) is 5.56 Å². The van der Waals surface area contributed by atoms with Crippen molar-refractivity contribution in [3.05, 3.63) is 22.8 Å². The minimum atomic E-state index is -1.29. The number of rotatable bonds is 6. The number of nitrogens with zero attached hydrogens (tertiary/aromatic N) is 3. The van der Waals surface area contributed by atoms with E-state index in [0.29, 0.717) is 17.4 Å². The Bertz CT molecular complexity index is 774. The standard InChI is InChI=1S/C24H36ClN3O3/c1-16(2)24(31,17(3)4)23(30)28-13-9-19(10-14-28)18-7-11-27(12-8-18)21-6-5-20(15-29)22(25)26-21/h5-6,15-19,31H,7-14H2,1-4H3. The summed E-state index contributed by atoms with van der Waals surface area (Å²) in [4.78, 5) is 32.5. The molecule has 0 spiro atoms. The van der Waals surface area contributed by atoms with Crippen LogP contribution in [0.4, 0.5) is 5.82 Å². The maximum Gasteiger partial charge on any atom is 0.255 e. The van der Waals surface area contributed by atoms with E-state index >= 15 is 0 Å². The van der Waals surface area contributed by atoms with E-state index in [-0.39, 0.29) is 22.9 Å². The number of aliphatic hydroxyl groups is 1. The number of halogens is 1. The third-order valence-corrected chi connectivity index (χ3v) is 7.75. The largest absolute Gasteiger partial charge is 0.379 e. The molecule has 0 unspecified atom stereocenters. The van der Waals surface area contributed by atoms with Crippen LogP contribution in [0.15, 0.2) is 12.1 Å². The van der Waals surface area contributed by atoms with Gasteiger partial charge in [-0.25, -0.2) is 4.98 Å². The first-order chi connectivity index (χ1) is 14.7. The highest BCUT2D eigenvalue weighted by atomic mass is 35.5. The number of amides is 1. The van der Waals surface area contributed by atoms with E-state index in [4.69, 9.17) is 11.6 Å². The molecule has 0 bridgehead atoms. The number of carbonyl (C=O) groups excluding carboxylic acids is 2. The number of hydrogen-bond donors (Lipinski definition) is 1. The maximum atomic E-state index is 13.1. The fourth-order valence-corrected chi connectivity index (χ4v) is 5.48. The Morgan fingerprint density at radius 3 is 2.03 bits per heavy atom. The van der Waals surface area contributed by atoms with Gasteiger partial charge in [-0.1, -0.05) is 39.3 Å². The zero-order chi connectivity index (χ0) is 22.8. The van der Waals surface area contributed by atoms with Crippen molar-refractivity contribution in [2.45, 2.75) is 59.0 Å². The summed E-state index contributed by atoms with van der Waals surface area (Å²) < 4.78 is 0. The summed E-state index contributed by atoms with van der Waals surface area (Å²) in [6, 6.07) is 3.59. The molecule has 2 aliphatic heterocycles. The van der Waals surface area contributed by atoms with Crippen molar-refractivity contribution in [1.82, 2.24) is 9.88 Å². The van der Waals surface area contributed by atoms with Crippen LogP contribution in [0.1, 0.15) is 63.7 Å². The minimum Gasteiger partial charge on any atom is -0.379 e. The van der Waals surface area contributed by atoms with Gasteiger partial charge < -0.3 is 14.9 Å². The Balaban J connectivity index is 1.53. The summed E-state index contributed by atoms with van der Waals surface area (Å²) in [6.45, 7) is 11.0. The van der Waals surface area contributed by atoms with Crippen molar-refractivity contribution in [3.63, 3.8) is 0 Å². The molecule has 1 N–H and O–H groups in total. The molecular weight excluding hydrogens is 414 g/mol. The summed E-state index contributed by atoms with van der Waals surface area (Å²) in [7, 11) is 0. The van der Waals surface area contributed by atoms with Gasteiger partial charge in [0.1, 0.15) is 16.6 Å². The number of likely N-dealkylation sites (tertiary alicyclic amines) is 1. The highest BCUT2D eigenvalue weighted by molar-refractivity contribution is 6.31. The molecule has 7 heteroatoms. The molecular formula is C24H36ClN3O3. The van der Waals surface area contributed by atoms with Crippen LogP contribution in [-0.4, -0.2) is 59.0 Å². The van der Waals surface area contributed by atoms with Crippen LogP contribution in [-0.2, 0) is 4.79 Å². The summed E-state index contributed by atoms with van der Waals surface area (Å²) >= 11 is 6.09. The molecule has 0 atom stereocenters. The van der Waals surface area contributed by atoms with Gasteiger partial charge in [0.15, 0.2) is 6.29 Å². The van der Waals surface area contributed by atoms with E-state index in [1.807, 2.05) is 38.7 Å². The average Bonchev–Trinajstić information content (AvgIpc) is 2.78. The van der Waals surface area contributed by atoms with Crippen LogP contribution in [0.25, 0.3) is 0 Å². The second-order valence-corrected chi connectivity index (χ2v) is 10.1. The van der Waals surface area contributed by atoms with Gasteiger partial charge in [0, 0.05) is 26.2 Å². The van der Waals surface area contributed by atoms with Gasteiger partial charge >= 0.3 is 0 Å². The summed E-state index contributed by atoms with van der Waals surface area (Å²) in [6.07, 6.45) is 4.91. The molecule has 31 heavy (non-hydrogen) atoms. The van der Waals surface area contributed by atoms with Crippen molar-refractivity contribution < 1.29 is 14.7 Å². The number of anilines is 1. The van der Waals surface area contributed by atoms with E-state index < -0.39 is 5.60 Å². The molecule has 0 aromatic carbocycles. The average molecular weight is 450 g/mol. The molecule has 0 aliphatic carbocycles. The molecule has 1 amide bonds. The summed E-state index contributed by atoms with van der Waals surface area (Å²) in [5.74, 6) is 1.77. The SMILES string of the molecule is CC(C)C(O)(C(=O)N1CCC(C2CCN(c3ccc(C=O)c(Cl)n3)CC2)CC1)C(C)C. The van der Waals surface area contributed by atoms with Crippen LogP contribution in [0, 0.1) is 23.7 Å². The zero-order valence-corrected chi connectivity index (χ0v) is 19.9. The topological polar surface area (TPSA) is 73.7 Å². The van der Waals surface area contributed by atoms with Crippen LogP contribution in [0.2, 0.25) is 5.15 Å². The molecule has 172 valence electrons. The summed E-state index contributed by atoms with van der Waals surface area (Å²) in [5.41, 5.74) is -0.866. The molecule has 0 radical (unpaired) electrons. The van der Waals surface area contributed by atoms with Crippen LogP contribution in [0.3, 0.4) is 0 Å². The molecule has 1 aromatic heterocycles. The third kappa shape index (κ3) is 4.90. The van der Waals surface area contributed by atoms with Crippen molar-refractivity contribution in [2.75, 3.05) is 31.1 Å². The van der Waals surface area contributed by atoms with Crippen molar-refractivity contribution >= 4 is 29.6 Å². The van der Waals surface area contributed by atoms with E-state index in [1.54, 1.807) is 6.07 Å². The summed E-state index contributed by atoms with van der Waals surface area (Å²) in [5, 5.41) is 11.3. The number of piperidine rings is 2. The lowest BCUT2D eigenvalue weighted by molar-refractivity contribution is -0.164. The fraction of sp³-hybridized carbons (Fsp3) is 0.708. The van der Waals surface area contributed by atoms with E-state index in [1.165, 1.54) is 0 Å². The minimum absolute atomic E-state index is 0.104. The first-order valence-corrected chi connectivity index (χ1v) is 11.9.